The molecule has 0 aliphatic heterocycles. The summed E-state index contributed by atoms with van der Waals surface area (Å²) in [5.41, 5.74) is 5.57. The van der Waals surface area contributed by atoms with Crippen LogP contribution >= 0.6 is 22.6 Å². The first-order chi connectivity index (χ1) is 4.27. The SMILES string of the molecule is CC(N)CCCCCI. The minimum absolute atomic E-state index is 0.402. The van der Waals surface area contributed by atoms with Crippen LogP contribution < -0.4 is 5.73 Å². The summed E-state index contributed by atoms with van der Waals surface area (Å²) in [4.78, 5) is 0. The molecule has 0 fully saturated rings. The fraction of sp³-hybridized carbons (Fsp3) is 1.00. The third-order valence-corrected chi connectivity index (χ3v) is 2.06. The van der Waals surface area contributed by atoms with Gasteiger partial charge in [0.15, 0.2) is 0 Å². The van der Waals surface area contributed by atoms with Gasteiger partial charge in [-0.1, -0.05) is 35.4 Å². The minimum Gasteiger partial charge on any atom is -0.328 e. The molecule has 0 aromatic carbocycles. The van der Waals surface area contributed by atoms with Crippen molar-refractivity contribution in [2.24, 2.45) is 5.73 Å². The van der Waals surface area contributed by atoms with Crippen LogP contribution in [0.4, 0.5) is 0 Å². The van der Waals surface area contributed by atoms with Gasteiger partial charge in [-0.15, -0.1) is 0 Å². The lowest BCUT2D eigenvalue weighted by molar-refractivity contribution is 0.595. The summed E-state index contributed by atoms with van der Waals surface area (Å²) in [5, 5.41) is 0. The van der Waals surface area contributed by atoms with E-state index in [1.807, 2.05) is 0 Å². The van der Waals surface area contributed by atoms with Gasteiger partial charge in [0.25, 0.3) is 0 Å². The summed E-state index contributed by atoms with van der Waals surface area (Å²) in [5.74, 6) is 0. The van der Waals surface area contributed by atoms with E-state index in [1.165, 1.54) is 30.1 Å². The predicted octanol–water partition coefficient (Wildman–Crippen LogP) is 2.33. The third-order valence-electron chi connectivity index (χ3n) is 1.29. The average molecular weight is 241 g/mol. The summed E-state index contributed by atoms with van der Waals surface area (Å²) >= 11 is 2.41. The quantitative estimate of drug-likeness (QED) is 0.446. The second kappa shape index (κ2) is 6.81. The molecular weight excluding hydrogens is 225 g/mol. The van der Waals surface area contributed by atoms with E-state index < -0.39 is 0 Å². The number of nitrogens with two attached hydrogens (primary N) is 1. The molecule has 56 valence electrons. The topological polar surface area (TPSA) is 26.0 Å². The summed E-state index contributed by atoms with van der Waals surface area (Å²) in [6.07, 6.45) is 5.20. The van der Waals surface area contributed by atoms with Crippen LogP contribution in [0.15, 0.2) is 0 Å². The summed E-state index contributed by atoms with van der Waals surface area (Å²) < 4.78 is 1.29. The van der Waals surface area contributed by atoms with Crippen molar-refractivity contribution in [2.75, 3.05) is 4.43 Å². The zero-order valence-corrected chi connectivity index (χ0v) is 8.23. The highest BCUT2D eigenvalue weighted by Gasteiger charge is 1.92. The average Bonchev–Trinajstić information content (AvgIpc) is 1.80. The first kappa shape index (κ1) is 9.69. The molecule has 0 spiro atoms. The van der Waals surface area contributed by atoms with E-state index in [0.717, 1.165) is 0 Å². The van der Waals surface area contributed by atoms with Gasteiger partial charge in [-0.3, -0.25) is 0 Å². The summed E-state index contributed by atoms with van der Waals surface area (Å²) in [6, 6.07) is 0.402. The van der Waals surface area contributed by atoms with Gasteiger partial charge in [0, 0.05) is 6.04 Å². The Morgan fingerprint density at radius 3 is 2.44 bits per heavy atom. The Hall–Kier alpha value is 0.690. The van der Waals surface area contributed by atoms with Crippen molar-refractivity contribution in [1.82, 2.24) is 0 Å². The van der Waals surface area contributed by atoms with Gasteiger partial charge >= 0.3 is 0 Å². The molecule has 0 aromatic heterocycles. The highest BCUT2D eigenvalue weighted by Crippen LogP contribution is 2.03. The van der Waals surface area contributed by atoms with Crippen molar-refractivity contribution in [2.45, 2.75) is 38.6 Å². The van der Waals surface area contributed by atoms with Crippen LogP contribution in [0.2, 0.25) is 0 Å². The number of unbranched alkanes of at least 4 members (excludes halogenated alkanes) is 2. The lowest BCUT2D eigenvalue weighted by atomic mass is 10.1. The maximum absolute atomic E-state index is 5.57. The fourth-order valence-corrected chi connectivity index (χ4v) is 1.28. The molecule has 0 aliphatic carbocycles. The molecule has 9 heavy (non-hydrogen) atoms. The normalized spacial score (nSPS) is 13.7. The minimum atomic E-state index is 0.402. The molecule has 1 unspecified atom stereocenters. The van der Waals surface area contributed by atoms with Gasteiger partial charge in [0.2, 0.25) is 0 Å². The molecule has 0 saturated heterocycles. The monoisotopic (exact) mass is 241 g/mol. The molecule has 0 bridgehead atoms. The van der Waals surface area contributed by atoms with Gasteiger partial charge in [-0.05, 0) is 24.2 Å². The van der Waals surface area contributed by atoms with Gasteiger partial charge in [0.05, 0.1) is 0 Å². The van der Waals surface area contributed by atoms with E-state index in [0.29, 0.717) is 6.04 Å². The van der Waals surface area contributed by atoms with Gasteiger partial charge < -0.3 is 5.73 Å². The molecule has 1 nitrogen and oxygen atoms in total. The Bertz CT molecular complexity index is 54.9. The number of hydrogen-bond donors (Lipinski definition) is 1. The van der Waals surface area contributed by atoms with E-state index in [-0.39, 0.29) is 0 Å². The second-order valence-electron chi connectivity index (χ2n) is 2.52. The van der Waals surface area contributed by atoms with E-state index in [4.69, 9.17) is 5.73 Å². The van der Waals surface area contributed by atoms with Crippen LogP contribution in [-0.4, -0.2) is 10.5 Å². The molecule has 0 heterocycles. The van der Waals surface area contributed by atoms with Gasteiger partial charge in [-0.2, -0.15) is 0 Å². The number of hydrogen-bond acceptors (Lipinski definition) is 1. The molecule has 0 saturated carbocycles. The number of rotatable bonds is 5. The first-order valence-electron chi connectivity index (χ1n) is 3.59. The zero-order chi connectivity index (χ0) is 7.11. The van der Waals surface area contributed by atoms with Gasteiger partial charge in [0.1, 0.15) is 0 Å². The molecule has 0 aromatic rings. The molecule has 0 amide bonds. The Labute approximate surface area is 71.5 Å². The molecule has 2 heteroatoms. The van der Waals surface area contributed by atoms with Crippen LogP contribution in [0.3, 0.4) is 0 Å². The van der Waals surface area contributed by atoms with Crippen LogP contribution in [0.25, 0.3) is 0 Å². The Kier molecular flexibility index (Phi) is 7.33. The smallest absolute Gasteiger partial charge is 0.00104 e. The first-order valence-corrected chi connectivity index (χ1v) is 5.11. The van der Waals surface area contributed by atoms with Crippen molar-refractivity contribution in [3.05, 3.63) is 0 Å². The van der Waals surface area contributed by atoms with Crippen molar-refractivity contribution < 1.29 is 0 Å². The predicted molar refractivity (Wildman–Crippen MR) is 51.0 cm³/mol. The van der Waals surface area contributed by atoms with E-state index >= 15 is 0 Å². The number of halogens is 1. The molecule has 0 aliphatic rings. The lowest BCUT2D eigenvalue weighted by Gasteiger charge is -2.02. The van der Waals surface area contributed by atoms with Crippen LogP contribution in [0.1, 0.15) is 32.6 Å². The standard InChI is InChI=1S/C7H16IN/c1-7(9)5-3-2-4-6-8/h7H,2-6,9H2,1H3. The van der Waals surface area contributed by atoms with E-state index in [2.05, 4.69) is 29.5 Å². The molecule has 0 rings (SSSR count). The fourth-order valence-electron chi connectivity index (χ4n) is 0.738. The van der Waals surface area contributed by atoms with E-state index in [1.54, 1.807) is 0 Å². The third kappa shape index (κ3) is 8.69. The van der Waals surface area contributed by atoms with Crippen LogP contribution in [-0.2, 0) is 0 Å². The largest absolute Gasteiger partial charge is 0.328 e. The molecule has 0 radical (unpaired) electrons. The summed E-state index contributed by atoms with van der Waals surface area (Å²) in [6.45, 7) is 2.07. The Balaban J connectivity index is 2.75. The van der Waals surface area contributed by atoms with Gasteiger partial charge in [-0.25, -0.2) is 0 Å². The van der Waals surface area contributed by atoms with Crippen molar-refractivity contribution in [3.63, 3.8) is 0 Å². The number of alkyl halides is 1. The summed E-state index contributed by atoms with van der Waals surface area (Å²) in [7, 11) is 0. The van der Waals surface area contributed by atoms with Crippen LogP contribution in [0, 0.1) is 0 Å². The van der Waals surface area contributed by atoms with Crippen molar-refractivity contribution in [1.29, 1.82) is 0 Å². The Morgan fingerprint density at radius 1 is 1.33 bits per heavy atom. The maximum atomic E-state index is 5.57. The second-order valence-corrected chi connectivity index (χ2v) is 3.59. The lowest BCUT2D eigenvalue weighted by Crippen LogP contribution is -2.13. The highest BCUT2D eigenvalue weighted by molar-refractivity contribution is 14.1. The van der Waals surface area contributed by atoms with Crippen molar-refractivity contribution in [3.8, 4) is 0 Å². The molecule has 1 atom stereocenters. The maximum Gasteiger partial charge on any atom is 0.00104 e. The van der Waals surface area contributed by atoms with Crippen LogP contribution in [0.5, 0.6) is 0 Å². The zero-order valence-electron chi connectivity index (χ0n) is 6.07. The van der Waals surface area contributed by atoms with Crippen molar-refractivity contribution >= 4 is 22.6 Å². The molecular formula is C7H16IN. The molecule has 2 N–H and O–H groups in total. The highest BCUT2D eigenvalue weighted by atomic mass is 127. The van der Waals surface area contributed by atoms with E-state index in [9.17, 15) is 0 Å². The Morgan fingerprint density at radius 2 is 2.00 bits per heavy atom.